The summed E-state index contributed by atoms with van der Waals surface area (Å²) in [6.07, 6.45) is 6.25. The van der Waals surface area contributed by atoms with Crippen molar-refractivity contribution < 1.29 is 9.32 Å². The molecule has 134 valence electrons. The van der Waals surface area contributed by atoms with Crippen LogP contribution in [0, 0.1) is 6.92 Å². The molecule has 1 amide bonds. The molecule has 0 N–H and O–H groups in total. The van der Waals surface area contributed by atoms with Gasteiger partial charge in [-0.25, -0.2) is 0 Å². The Bertz CT molecular complexity index is 708. The maximum Gasteiger partial charge on any atom is 0.229 e. The molecule has 0 radical (unpaired) electrons. The van der Waals surface area contributed by atoms with Crippen LogP contribution in [0.3, 0.4) is 0 Å². The fraction of sp³-hybridized carbons (Fsp3) is 0.579. The lowest BCUT2D eigenvalue weighted by Gasteiger charge is -2.28. The highest BCUT2D eigenvalue weighted by atomic mass is 16.5. The number of amides is 1. The van der Waals surface area contributed by atoms with E-state index < -0.39 is 0 Å². The molecule has 25 heavy (non-hydrogen) atoms. The summed E-state index contributed by atoms with van der Waals surface area (Å²) in [4.78, 5) is 23.7. The van der Waals surface area contributed by atoms with Gasteiger partial charge in [-0.3, -0.25) is 9.78 Å². The van der Waals surface area contributed by atoms with Gasteiger partial charge in [0.1, 0.15) is 0 Å². The van der Waals surface area contributed by atoms with E-state index in [1.54, 1.807) is 6.20 Å². The molecule has 2 aromatic rings. The van der Waals surface area contributed by atoms with Crippen LogP contribution in [0.25, 0.3) is 0 Å². The average molecular weight is 342 g/mol. The van der Waals surface area contributed by atoms with Crippen LogP contribution in [-0.2, 0) is 11.2 Å². The molecule has 0 aromatic carbocycles. The number of likely N-dealkylation sites (tertiary alicyclic amines) is 1. The van der Waals surface area contributed by atoms with Crippen LogP contribution < -0.4 is 0 Å². The number of carbonyl (C=O) groups excluding carboxylic acids is 1. The van der Waals surface area contributed by atoms with Gasteiger partial charge in [-0.2, -0.15) is 4.98 Å². The van der Waals surface area contributed by atoms with Gasteiger partial charge in [0.05, 0.1) is 12.5 Å². The Hall–Kier alpha value is -2.24. The van der Waals surface area contributed by atoms with Crippen molar-refractivity contribution in [2.75, 3.05) is 6.54 Å². The zero-order valence-electron chi connectivity index (χ0n) is 15.2. The van der Waals surface area contributed by atoms with E-state index in [1.807, 2.05) is 37.8 Å². The normalized spacial score (nSPS) is 18.4. The van der Waals surface area contributed by atoms with E-state index >= 15 is 0 Å². The second-order valence-corrected chi connectivity index (χ2v) is 7.08. The molecule has 0 unspecified atom stereocenters. The molecular weight excluding hydrogens is 316 g/mol. The van der Waals surface area contributed by atoms with Crippen molar-refractivity contribution in [1.82, 2.24) is 20.0 Å². The summed E-state index contributed by atoms with van der Waals surface area (Å²) in [7, 11) is 0. The smallest absolute Gasteiger partial charge is 0.229 e. The number of nitrogens with zero attached hydrogens (tertiary/aromatic N) is 4. The van der Waals surface area contributed by atoms with Crippen molar-refractivity contribution in [2.24, 2.45) is 0 Å². The highest BCUT2D eigenvalue weighted by Crippen LogP contribution is 2.29. The molecule has 2 aromatic heterocycles. The SMILES string of the molecule is Cc1ccc(CC(=O)N2CCCCC[C@H]2c2noc(C(C)C)n2)cn1. The van der Waals surface area contributed by atoms with Gasteiger partial charge < -0.3 is 9.42 Å². The summed E-state index contributed by atoms with van der Waals surface area (Å²) >= 11 is 0. The highest BCUT2D eigenvalue weighted by Gasteiger charge is 2.30. The van der Waals surface area contributed by atoms with Crippen LogP contribution in [0.2, 0.25) is 0 Å². The molecule has 1 saturated heterocycles. The van der Waals surface area contributed by atoms with Gasteiger partial charge in [-0.1, -0.05) is 37.9 Å². The molecule has 1 atom stereocenters. The number of hydrogen-bond acceptors (Lipinski definition) is 5. The van der Waals surface area contributed by atoms with E-state index in [0.717, 1.165) is 43.5 Å². The summed E-state index contributed by atoms with van der Waals surface area (Å²) in [6.45, 7) is 6.74. The maximum atomic E-state index is 12.9. The quantitative estimate of drug-likeness (QED) is 0.849. The van der Waals surface area contributed by atoms with Crippen molar-refractivity contribution in [2.45, 2.75) is 64.8 Å². The van der Waals surface area contributed by atoms with Crippen LogP contribution in [0.5, 0.6) is 0 Å². The summed E-state index contributed by atoms with van der Waals surface area (Å²) in [5.74, 6) is 1.57. The third-order valence-corrected chi connectivity index (χ3v) is 4.65. The molecule has 1 aliphatic rings. The number of hydrogen-bond donors (Lipinski definition) is 0. The van der Waals surface area contributed by atoms with Gasteiger partial charge in [-0.05, 0) is 31.4 Å². The molecule has 6 heteroatoms. The van der Waals surface area contributed by atoms with Gasteiger partial charge >= 0.3 is 0 Å². The second kappa shape index (κ2) is 7.76. The lowest BCUT2D eigenvalue weighted by Crippen LogP contribution is -2.36. The highest BCUT2D eigenvalue weighted by molar-refractivity contribution is 5.79. The largest absolute Gasteiger partial charge is 0.339 e. The Labute approximate surface area is 148 Å². The lowest BCUT2D eigenvalue weighted by atomic mass is 10.1. The Morgan fingerprint density at radius 1 is 1.32 bits per heavy atom. The zero-order valence-corrected chi connectivity index (χ0v) is 15.2. The van der Waals surface area contributed by atoms with Gasteiger partial charge in [0, 0.05) is 24.4 Å². The first-order valence-electron chi connectivity index (χ1n) is 9.09. The second-order valence-electron chi connectivity index (χ2n) is 7.08. The van der Waals surface area contributed by atoms with Gasteiger partial charge in [-0.15, -0.1) is 0 Å². The van der Waals surface area contributed by atoms with Crippen molar-refractivity contribution >= 4 is 5.91 Å². The van der Waals surface area contributed by atoms with Crippen LogP contribution in [-0.4, -0.2) is 32.5 Å². The molecular formula is C19H26N4O2. The third-order valence-electron chi connectivity index (χ3n) is 4.65. The third kappa shape index (κ3) is 4.24. The molecule has 3 heterocycles. The fourth-order valence-electron chi connectivity index (χ4n) is 3.17. The number of pyridine rings is 1. The maximum absolute atomic E-state index is 12.9. The van der Waals surface area contributed by atoms with E-state index in [9.17, 15) is 4.79 Å². The molecule has 6 nitrogen and oxygen atoms in total. The molecule has 0 spiro atoms. The van der Waals surface area contributed by atoms with Crippen LogP contribution in [0.4, 0.5) is 0 Å². The van der Waals surface area contributed by atoms with E-state index in [-0.39, 0.29) is 17.9 Å². The first kappa shape index (κ1) is 17.6. The van der Waals surface area contributed by atoms with Crippen LogP contribution >= 0.6 is 0 Å². The van der Waals surface area contributed by atoms with E-state index in [0.29, 0.717) is 18.1 Å². The minimum absolute atomic E-state index is 0.0929. The zero-order chi connectivity index (χ0) is 17.8. The topological polar surface area (TPSA) is 72.1 Å². The number of aryl methyl sites for hydroxylation is 1. The first-order chi connectivity index (χ1) is 12.0. The molecule has 0 saturated carbocycles. The van der Waals surface area contributed by atoms with E-state index in [2.05, 4.69) is 15.1 Å². The Kier molecular flexibility index (Phi) is 5.46. The van der Waals surface area contributed by atoms with Crippen molar-refractivity contribution in [3.05, 3.63) is 41.3 Å². The summed E-state index contributed by atoms with van der Waals surface area (Å²) in [5, 5.41) is 4.16. The molecule has 1 aliphatic heterocycles. The fourth-order valence-corrected chi connectivity index (χ4v) is 3.17. The van der Waals surface area contributed by atoms with Gasteiger partial charge in [0.15, 0.2) is 5.82 Å². The number of aromatic nitrogens is 3. The van der Waals surface area contributed by atoms with Gasteiger partial charge in [0.2, 0.25) is 11.8 Å². The molecule has 3 rings (SSSR count). The Balaban J connectivity index is 1.79. The van der Waals surface area contributed by atoms with Crippen molar-refractivity contribution in [1.29, 1.82) is 0 Å². The van der Waals surface area contributed by atoms with Crippen LogP contribution in [0.1, 0.15) is 74.5 Å². The molecule has 0 bridgehead atoms. The predicted molar refractivity (Wildman–Crippen MR) is 94.0 cm³/mol. The summed E-state index contributed by atoms with van der Waals surface area (Å²) in [5.41, 5.74) is 1.89. The van der Waals surface area contributed by atoms with E-state index in [4.69, 9.17) is 4.52 Å². The Morgan fingerprint density at radius 3 is 2.84 bits per heavy atom. The standard InChI is InChI=1S/C19H26N4O2/c1-13(2)19-21-18(22-25-19)16-7-5-4-6-10-23(16)17(24)11-15-9-8-14(3)20-12-15/h8-9,12-13,16H,4-7,10-11H2,1-3H3/t16-/m0/s1. The minimum Gasteiger partial charge on any atom is -0.339 e. The summed E-state index contributed by atoms with van der Waals surface area (Å²) in [6, 6.07) is 3.82. The minimum atomic E-state index is -0.0929. The Morgan fingerprint density at radius 2 is 2.16 bits per heavy atom. The monoisotopic (exact) mass is 342 g/mol. The molecule has 1 fully saturated rings. The van der Waals surface area contributed by atoms with E-state index in [1.165, 1.54) is 0 Å². The van der Waals surface area contributed by atoms with Crippen molar-refractivity contribution in [3.63, 3.8) is 0 Å². The van der Waals surface area contributed by atoms with Crippen LogP contribution in [0.15, 0.2) is 22.9 Å². The number of carbonyl (C=O) groups is 1. The lowest BCUT2D eigenvalue weighted by molar-refractivity contribution is -0.133. The first-order valence-corrected chi connectivity index (χ1v) is 9.09. The number of rotatable bonds is 4. The average Bonchev–Trinajstić information content (AvgIpc) is 2.95. The van der Waals surface area contributed by atoms with Crippen molar-refractivity contribution in [3.8, 4) is 0 Å². The summed E-state index contributed by atoms with van der Waals surface area (Å²) < 4.78 is 5.37. The van der Waals surface area contributed by atoms with Gasteiger partial charge in [0.25, 0.3) is 0 Å². The predicted octanol–water partition coefficient (Wildman–Crippen LogP) is 3.58. The molecule has 0 aliphatic carbocycles.